The first-order valence-electron chi connectivity index (χ1n) is 6.71. The summed E-state index contributed by atoms with van der Waals surface area (Å²) in [4.78, 5) is 11.9. The van der Waals surface area contributed by atoms with Gasteiger partial charge in [-0.2, -0.15) is 0 Å². The van der Waals surface area contributed by atoms with Gasteiger partial charge in [0.2, 0.25) is 5.91 Å². The molecule has 2 N–H and O–H groups in total. The van der Waals surface area contributed by atoms with E-state index in [-0.39, 0.29) is 11.9 Å². The van der Waals surface area contributed by atoms with Crippen molar-refractivity contribution in [2.45, 2.75) is 33.2 Å². The van der Waals surface area contributed by atoms with Crippen LogP contribution in [0.5, 0.6) is 5.75 Å². The molecule has 106 valence electrons. The van der Waals surface area contributed by atoms with Crippen molar-refractivity contribution in [2.75, 3.05) is 19.0 Å². The van der Waals surface area contributed by atoms with Crippen LogP contribution >= 0.6 is 0 Å². The third-order valence-corrected chi connectivity index (χ3v) is 2.89. The molecule has 0 aliphatic heterocycles. The van der Waals surface area contributed by atoms with Crippen molar-refractivity contribution in [1.29, 1.82) is 0 Å². The molecule has 0 aliphatic carbocycles. The van der Waals surface area contributed by atoms with E-state index in [4.69, 9.17) is 4.74 Å². The normalized spacial score (nSPS) is 12.1. The third kappa shape index (κ3) is 5.64. The zero-order valence-electron chi connectivity index (χ0n) is 12.2. The molecular weight excluding hydrogens is 240 g/mol. The third-order valence-electron chi connectivity index (χ3n) is 2.89. The average molecular weight is 264 g/mol. The van der Waals surface area contributed by atoms with Gasteiger partial charge in [0.15, 0.2) is 0 Å². The van der Waals surface area contributed by atoms with E-state index in [1.807, 2.05) is 31.2 Å². The first kappa shape index (κ1) is 15.3. The van der Waals surface area contributed by atoms with E-state index in [1.165, 1.54) is 0 Å². The van der Waals surface area contributed by atoms with Crippen molar-refractivity contribution in [3.63, 3.8) is 0 Å². The molecule has 0 heterocycles. The van der Waals surface area contributed by atoms with Gasteiger partial charge in [0.1, 0.15) is 11.8 Å². The van der Waals surface area contributed by atoms with E-state index in [9.17, 15) is 4.79 Å². The molecule has 0 aliphatic rings. The molecule has 0 radical (unpaired) electrons. The number of carbonyl (C=O) groups excluding carboxylic acids is 1. The monoisotopic (exact) mass is 264 g/mol. The van der Waals surface area contributed by atoms with Gasteiger partial charge in [-0.1, -0.05) is 13.8 Å². The number of rotatable bonds is 7. The summed E-state index contributed by atoms with van der Waals surface area (Å²) in [6.07, 6.45) is 1.00. The first-order valence-corrected chi connectivity index (χ1v) is 6.71. The minimum absolute atomic E-state index is 0.0245. The Bertz CT molecular complexity index is 388. The van der Waals surface area contributed by atoms with Gasteiger partial charge < -0.3 is 15.4 Å². The number of hydrogen-bond acceptors (Lipinski definition) is 3. The summed E-state index contributed by atoms with van der Waals surface area (Å²) in [5.74, 6) is 1.43. The lowest BCUT2D eigenvalue weighted by molar-refractivity contribution is -0.121. The molecule has 1 amide bonds. The van der Waals surface area contributed by atoms with Crippen LogP contribution in [0.25, 0.3) is 0 Å². The first-order chi connectivity index (χ1) is 9.02. The fraction of sp³-hybridized carbons (Fsp3) is 0.533. The number of amides is 1. The topological polar surface area (TPSA) is 50.4 Å². The zero-order valence-corrected chi connectivity index (χ0v) is 12.2. The van der Waals surface area contributed by atoms with Crippen LogP contribution in [-0.2, 0) is 4.79 Å². The van der Waals surface area contributed by atoms with E-state index in [0.717, 1.165) is 24.4 Å². The number of methoxy groups -OCH3 is 1. The molecule has 4 heteroatoms. The Morgan fingerprint density at radius 3 is 2.37 bits per heavy atom. The number of benzene rings is 1. The lowest BCUT2D eigenvalue weighted by Gasteiger charge is -2.16. The quantitative estimate of drug-likeness (QED) is 0.796. The number of hydrogen-bond donors (Lipinski definition) is 2. The summed E-state index contributed by atoms with van der Waals surface area (Å²) < 4.78 is 5.09. The molecule has 0 saturated heterocycles. The van der Waals surface area contributed by atoms with Crippen molar-refractivity contribution in [3.8, 4) is 5.75 Å². The lowest BCUT2D eigenvalue weighted by Crippen LogP contribution is -2.38. The second-order valence-corrected chi connectivity index (χ2v) is 5.07. The maximum Gasteiger partial charge on any atom is 0.242 e. The molecule has 1 aromatic carbocycles. The van der Waals surface area contributed by atoms with Gasteiger partial charge in [-0.3, -0.25) is 4.79 Å². The Kier molecular flexibility index (Phi) is 6.19. The number of carbonyl (C=O) groups is 1. The molecule has 1 aromatic rings. The van der Waals surface area contributed by atoms with Gasteiger partial charge in [-0.25, -0.2) is 0 Å². The average Bonchev–Trinajstić information content (AvgIpc) is 2.39. The zero-order chi connectivity index (χ0) is 14.3. The number of nitrogens with one attached hydrogen (secondary N) is 2. The molecule has 1 rings (SSSR count). The van der Waals surface area contributed by atoms with Gasteiger partial charge in [0.25, 0.3) is 0 Å². The van der Waals surface area contributed by atoms with Gasteiger partial charge in [0, 0.05) is 12.2 Å². The summed E-state index contributed by atoms with van der Waals surface area (Å²) in [5.41, 5.74) is 0.910. The Hall–Kier alpha value is -1.71. The molecule has 0 spiro atoms. The molecule has 19 heavy (non-hydrogen) atoms. The summed E-state index contributed by atoms with van der Waals surface area (Å²) in [6.45, 7) is 6.87. The van der Waals surface area contributed by atoms with E-state index >= 15 is 0 Å². The van der Waals surface area contributed by atoms with Gasteiger partial charge in [-0.05, 0) is 43.5 Å². The second kappa shape index (κ2) is 7.67. The number of anilines is 1. The van der Waals surface area contributed by atoms with Gasteiger partial charge >= 0.3 is 0 Å². The van der Waals surface area contributed by atoms with E-state index in [1.54, 1.807) is 7.11 Å². The van der Waals surface area contributed by atoms with E-state index < -0.39 is 0 Å². The van der Waals surface area contributed by atoms with Crippen molar-refractivity contribution in [1.82, 2.24) is 5.32 Å². The largest absolute Gasteiger partial charge is 0.497 e. The van der Waals surface area contributed by atoms with Gasteiger partial charge in [-0.15, -0.1) is 0 Å². The lowest BCUT2D eigenvalue weighted by atomic mass is 10.1. The molecule has 1 unspecified atom stereocenters. The predicted molar refractivity (Wildman–Crippen MR) is 78.5 cm³/mol. The highest BCUT2D eigenvalue weighted by Gasteiger charge is 2.11. The Balaban J connectivity index is 2.40. The standard InChI is InChI=1S/C15H24N2O2/c1-11(2)9-10-16-15(18)12(3)17-13-5-7-14(19-4)8-6-13/h5-8,11-12,17H,9-10H2,1-4H3,(H,16,18). The Morgan fingerprint density at radius 2 is 1.84 bits per heavy atom. The minimum Gasteiger partial charge on any atom is -0.497 e. The van der Waals surface area contributed by atoms with Crippen LogP contribution in [-0.4, -0.2) is 25.6 Å². The maximum absolute atomic E-state index is 11.9. The number of ether oxygens (including phenoxy) is 1. The van der Waals surface area contributed by atoms with Crippen LogP contribution in [0.2, 0.25) is 0 Å². The van der Waals surface area contributed by atoms with Gasteiger partial charge in [0.05, 0.1) is 7.11 Å². The SMILES string of the molecule is COc1ccc(NC(C)C(=O)NCCC(C)C)cc1. The molecule has 0 saturated carbocycles. The summed E-state index contributed by atoms with van der Waals surface area (Å²) in [7, 11) is 1.63. The highest BCUT2D eigenvalue weighted by molar-refractivity contribution is 5.84. The Morgan fingerprint density at radius 1 is 1.21 bits per heavy atom. The van der Waals surface area contributed by atoms with Crippen LogP contribution in [0, 0.1) is 5.92 Å². The van der Waals surface area contributed by atoms with Crippen LogP contribution in [0.3, 0.4) is 0 Å². The molecule has 0 fully saturated rings. The van der Waals surface area contributed by atoms with E-state index in [2.05, 4.69) is 24.5 Å². The minimum atomic E-state index is -0.249. The van der Waals surface area contributed by atoms with Crippen LogP contribution in [0.4, 0.5) is 5.69 Å². The van der Waals surface area contributed by atoms with Crippen molar-refractivity contribution in [3.05, 3.63) is 24.3 Å². The van der Waals surface area contributed by atoms with Crippen LogP contribution in [0.1, 0.15) is 27.2 Å². The molecule has 4 nitrogen and oxygen atoms in total. The summed E-state index contributed by atoms with van der Waals surface area (Å²) in [6, 6.07) is 7.28. The fourth-order valence-corrected chi connectivity index (χ4v) is 1.64. The molecule has 0 bridgehead atoms. The highest BCUT2D eigenvalue weighted by atomic mass is 16.5. The Labute approximate surface area is 115 Å². The van der Waals surface area contributed by atoms with Crippen LogP contribution in [0.15, 0.2) is 24.3 Å². The smallest absolute Gasteiger partial charge is 0.242 e. The van der Waals surface area contributed by atoms with Crippen molar-refractivity contribution in [2.24, 2.45) is 5.92 Å². The van der Waals surface area contributed by atoms with Crippen molar-refractivity contribution < 1.29 is 9.53 Å². The van der Waals surface area contributed by atoms with Crippen molar-refractivity contribution >= 4 is 11.6 Å². The maximum atomic E-state index is 11.9. The van der Waals surface area contributed by atoms with Crippen LogP contribution < -0.4 is 15.4 Å². The molecule has 1 atom stereocenters. The fourth-order valence-electron chi connectivity index (χ4n) is 1.64. The summed E-state index contributed by atoms with van der Waals surface area (Å²) in [5, 5.41) is 6.09. The predicted octanol–water partition coefficient (Wildman–Crippen LogP) is 2.66. The highest BCUT2D eigenvalue weighted by Crippen LogP contribution is 2.15. The van der Waals surface area contributed by atoms with E-state index in [0.29, 0.717) is 5.92 Å². The molecule has 0 aromatic heterocycles. The summed E-state index contributed by atoms with van der Waals surface area (Å²) >= 11 is 0. The second-order valence-electron chi connectivity index (χ2n) is 5.07. The molecular formula is C15H24N2O2.